The first-order valence-corrected chi connectivity index (χ1v) is 8.26. The smallest absolute Gasteiger partial charge is 0.211 e. The molecule has 1 aromatic rings. The minimum absolute atomic E-state index is 0.326. The van der Waals surface area contributed by atoms with Crippen molar-refractivity contribution >= 4 is 16.0 Å². The van der Waals surface area contributed by atoms with Crippen molar-refractivity contribution in [2.24, 2.45) is 10.9 Å². The number of hydrogen-bond acceptors (Lipinski definition) is 4. The van der Waals surface area contributed by atoms with E-state index in [1.165, 1.54) is 10.6 Å². The van der Waals surface area contributed by atoms with E-state index in [0.717, 1.165) is 5.76 Å². The third-order valence-corrected chi connectivity index (χ3v) is 4.42. The molecule has 0 atom stereocenters. The van der Waals surface area contributed by atoms with Crippen molar-refractivity contribution in [2.45, 2.75) is 6.54 Å². The molecule has 0 saturated carbocycles. The predicted octanol–water partition coefficient (Wildman–Crippen LogP) is -0.164. The molecule has 20 heavy (non-hydrogen) atoms. The van der Waals surface area contributed by atoms with Crippen LogP contribution in [0.15, 0.2) is 27.8 Å². The van der Waals surface area contributed by atoms with Crippen molar-refractivity contribution in [3.8, 4) is 0 Å². The number of furan rings is 1. The zero-order valence-corrected chi connectivity index (χ0v) is 12.5. The number of rotatable bonds is 5. The first-order valence-electron chi connectivity index (χ1n) is 6.41. The average Bonchev–Trinajstić information content (AvgIpc) is 2.82. The second-order valence-electron chi connectivity index (χ2n) is 4.83. The maximum Gasteiger partial charge on any atom is 0.211 e. The summed E-state index contributed by atoms with van der Waals surface area (Å²) in [5.41, 5.74) is 0. The molecule has 0 spiro atoms. The Hall–Kier alpha value is -1.54. The van der Waals surface area contributed by atoms with Gasteiger partial charge in [-0.25, -0.2) is 12.7 Å². The summed E-state index contributed by atoms with van der Waals surface area (Å²) in [5.74, 6) is 1.84. The van der Waals surface area contributed by atoms with Gasteiger partial charge in [-0.05, 0) is 12.1 Å². The van der Waals surface area contributed by atoms with Gasteiger partial charge in [-0.2, -0.15) is 0 Å². The molecule has 2 heterocycles. The van der Waals surface area contributed by atoms with Gasteiger partial charge in [0.1, 0.15) is 5.76 Å². The van der Waals surface area contributed by atoms with Gasteiger partial charge in [-0.3, -0.25) is 4.99 Å². The Bertz CT molecular complexity index is 547. The molecule has 0 aliphatic carbocycles. The van der Waals surface area contributed by atoms with E-state index >= 15 is 0 Å². The Balaban J connectivity index is 1.68. The molecule has 0 radical (unpaired) electrons. The average molecular weight is 300 g/mol. The van der Waals surface area contributed by atoms with Gasteiger partial charge in [0.05, 0.1) is 19.1 Å². The summed E-state index contributed by atoms with van der Waals surface area (Å²) < 4.78 is 29.2. The lowest BCUT2D eigenvalue weighted by molar-refractivity contribution is 0.203. The summed E-state index contributed by atoms with van der Waals surface area (Å²) in [5, 5.41) is 6.31. The minimum Gasteiger partial charge on any atom is -0.467 e. The summed E-state index contributed by atoms with van der Waals surface area (Å²) >= 11 is 0. The third kappa shape index (κ3) is 3.97. The molecule has 0 unspecified atom stereocenters. The zero-order valence-electron chi connectivity index (χ0n) is 11.7. The number of guanidine groups is 1. The molecule has 0 bridgehead atoms. The monoisotopic (exact) mass is 300 g/mol. The molecule has 1 aliphatic heterocycles. The summed E-state index contributed by atoms with van der Waals surface area (Å²) in [7, 11) is -1.34. The molecule has 1 fully saturated rings. The molecule has 0 aromatic carbocycles. The lowest BCUT2D eigenvalue weighted by Gasteiger charge is -2.37. The van der Waals surface area contributed by atoms with Crippen LogP contribution in [0.2, 0.25) is 0 Å². The Kier molecular flexibility index (Phi) is 4.66. The number of sulfonamides is 1. The van der Waals surface area contributed by atoms with Crippen molar-refractivity contribution in [3.63, 3.8) is 0 Å². The van der Waals surface area contributed by atoms with Crippen LogP contribution in [0.1, 0.15) is 5.76 Å². The fourth-order valence-electron chi connectivity index (χ4n) is 1.97. The van der Waals surface area contributed by atoms with Crippen LogP contribution in [-0.4, -0.2) is 51.6 Å². The van der Waals surface area contributed by atoms with Gasteiger partial charge in [0.15, 0.2) is 5.96 Å². The highest BCUT2D eigenvalue weighted by Gasteiger charge is 2.32. The third-order valence-electron chi connectivity index (χ3n) is 3.18. The van der Waals surface area contributed by atoms with Crippen LogP contribution in [0.5, 0.6) is 0 Å². The summed E-state index contributed by atoms with van der Waals surface area (Å²) in [6.45, 7) is 2.40. The first-order chi connectivity index (χ1) is 9.49. The van der Waals surface area contributed by atoms with Crippen LogP contribution in [0.25, 0.3) is 0 Å². The molecule has 1 saturated heterocycles. The van der Waals surface area contributed by atoms with E-state index in [1.54, 1.807) is 13.3 Å². The van der Waals surface area contributed by atoms with Gasteiger partial charge in [0, 0.05) is 32.6 Å². The fraction of sp³-hybridized carbons (Fsp3) is 0.583. The maximum absolute atomic E-state index is 11.2. The van der Waals surface area contributed by atoms with Crippen LogP contribution < -0.4 is 10.6 Å². The van der Waals surface area contributed by atoms with E-state index in [-0.39, 0.29) is 0 Å². The molecular formula is C12H20N4O3S. The summed E-state index contributed by atoms with van der Waals surface area (Å²) in [4.78, 5) is 4.11. The van der Waals surface area contributed by atoms with Crippen molar-refractivity contribution in [2.75, 3.05) is 32.9 Å². The van der Waals surface area contributed by atoms with E-state index in [4.69, 9.17) is 4.42 Å². The van der Waals surface area contributed by atoms with Gasteiger partial charge < -0.3 is 15.1 Å². The Morgan fingerprint density at radius 1 is 1.50 bits per heavy atom. The maximum atomic E-state index is 11.2. The van der Waals surface area contributed by atoms with Gasteiger partial charge in [0.25, 0.3) is 0 Å². The van der Waals surface area contributed by atoms with Crippen molar-refractivity contribution in [1.29, 1.82) is 0 Å². The quantitative estimate of drug-likeness (QED) is 0.583. The van der Waals surface area contributed by atoms with E-state index in [9.17, 15) is 8.42 Å². The Labute approximate surface area is 119 Å². The molecular weight excluding hydrogens is 280 g/mol. The summed E-state index contributed by atoms with van der Waals surface area (Å²) in [6.07, 6.45) is 2.86. The van der Waals surface area contributed by atoms with Crippen LogP contribution in [-0.2, 0) is 16.6 Å². The molecule has 2 N–H and O–H groups in total. The molecule has 7 nitrogen and oxygen atoms in total. The van der Waals surface area contributed by atoms with E-state index in [2.05, 4.69) is 15.6 Å². The highest BCUT2D eigenvalue weighted by molar-refractivity contribution is 7.88. The standard InChI is InChI=1S/C12H20N4O3S/c1-13-12(15-7-11-4-3-5-19-11)14-6-10-8-16(9-10)20(2,17)18/h3-5,10H,6-9H2,1-2H3,(H2,13,14,15). The number of aliphatic imine (C=N–C) groups is 1. The van der Waals surface area contributed by atoms with Crippen molar-refractivity contribution in [1.82, 2.24) is 14.9 Å². The Morgan fingerprint density at radius 3 is 2.80 bits per heavy atom. The normalized spacial score (nSPS) is 17.8. The molecule has 8 heteroatoms. The van der Waals surface area contributed by atoms with Crippen LogP contribution in [0.3, 0.4) is 0 Å². The molecule has 1 aliphatic rings. The lowest BCUT2D eigenvalue weighted by atomic mass is 10.0. The second-order valence-corrected chi connectivity index (χ2v) is 6.81. The number of nitrogens with zero attached hydrogens (tertiary/aromatic N) is 2. The summed E-state index contributed by atoms with van der Waals surface area (Å²) in [6, 6.07) is 3.72. The van der Waals surface area contributed by atoms with Gasteiger partial charge >= 0.3 is 0 Å². The van der Waals surface area contributed by atoms with Crippen molar-refractivity contribution < 1.29 is 12.8 Å². The molecule has 0 amide bonds. The topological polar surface area (TPSA) is 86.9 Å². The molecule has 112 valence electrons. The second kappa shape index (κ2) is 6.27. The van der Waals surface area contributed by atoms with Crippen molar-refractivity contribution in [3.05, 3.63) is 24.2 Å². The number of hydrogen-bond donors (Lipinski definition) is 2. The van der Waals surface area contributed by atoms with Gasteiger partial charge in [-0.1, -0.05) is 0 Å². The molecule has 1 aromatic heterocycles. The SMILES string of the molecule is CN=C(NCc1ccco1)NCC1CN(S(C)(=O)=O)C1. The van der Waals surface area contributed by atoms with Crippen LogP contribution in [0.4, 0.5) is 0 Å². The lowest BCUT2D eigenvalue weighted by Crippen LogP contribution is -2.54. The van der Waals surface area contributed by atoms with Gasteiger partial charge in [-0.15, -0.1) is 0 Å². The van der Waals surface area contributed by atoms with E-state index in [0.29, 0.717) is 38.1 Å². The largest absolute Gasteiger partial charge is 0.467 e. The first kappa shape index (κ1) is 14.9. The minimum atomic E-state index is -3.04. The number of nitrogens with one attached hydrogen (secondary N) is 2. The Morgan fingerprint density at radius 2 is 2.25 bits per heavy atom. The fourth-order valence-corrected chi connectivity index (χ4v) is 2.93. The zero-order chi connectivity index (χ0) is 14.6. The highest BCUT2D eigenvalue weighted by Crippen LogP contribution is 2.17. The van der Waals surface area contributed by atoms with E-state index in [1.807, 2.05) is 12.1 Å². The van der Waals surface area contributed by atoms with Crippen LogP contribution >= 0.6 is 0 Å². The predicted molar refractivity (Wildman–Crippen MR) is 76.8 cm³/mol. The van der Waals surface area contributed by atoms with E-state index < -0.39 is 10.0 Å². The van der Waals surface area contributed by atoms with Crippen LogP contribution in [0, 0.1) is 5.92 Å². The van der Waals surface area contributed by atoms with Gasteiger partial charge in [0.2, 0.25) is 10.0 Å². The highest BCUT2D eigenvalue weighted by atomic mass is 32.2. The molecule has 2 rings (SSSR count).